The monoisotopic (exact) mass is 395 g/mol. The van der Waals surface area contributed by atoms with E-state index in [1.165, 1.54) is 12.8 Å². The van der Waals surface area contributed by atoms with Crippen molar-refractivity contribution in [2.24, 2.45) is 0 Å². The number of hydrogen-bond acceptors (Lipinski definition) is 5. The predicted molar refractivity (Wildman–Crippen MR) is 109 cm³/mol. The fourth-order valence-corrected chi connectivity index (χ4v) is 4.81. The third kappa shape index (κ3) is 3.22. The molecule has 3 heterocycles. The lowest BCUT2D eigenvalue weighted by atomic mass is 9.94. The van der Waals surface area contributed by atoms with Gasteiger partial charge < -0.3 is 15.0 Å². The SMILES string of the molecule is O=C(NCC1(N2CCOCC2)CCCC1)c1cc2[nH]c(=O)c3ccccc3n2n1. The van der Waals surface area contributed by atoms with Crippen LogP contribution in [-0.2, 0) is 4.74 Å². The molecule has 8 heteroatoms. The number of aromatic nitrogens is 3. The van der Waals surface area contributed by atoms with Crippen LogP contribution < -0.4 is 10.9 Å². The van der Waals surface area contributed by atoms with E-state index in [0.29, 0.717) is 28.8 Å². The Morgan fingerprint density at radius 2 is 1.97 bits per heavy atom. The summed E-state index contributed by atoms with van der Waals surface area (Å²) in [5.41, 5.74) is 1.34. The smallest absolute Gasteiger partial charge is 0.271 e. The van der Waals surface area contributed by atoms with E-state index in [1.54, 1.807) is 16.6 Å². The summed E-state index contributed by atoms with van der Waals surface area (Å²) in [5.74, 6) is -0.210. The zero-order valence-corrected chi connectivity index (χ0v) is 16.3. The Balaban J connectivity index is 1.40. The number of rotatable bonds is 4. The number of amides is 1. The summed E-state index contributed by atoms with van der Waals surface area (Å²) in [6.45, 7) is 3.94. The molecule has 2 fully saturated rings. The van der Waals surface area contributed by atoms with Crippen LogP contribution in [0.5, 0.6) is 0 Å². The van der Waals surface area contributed by atoms with Crippen molar-refractivity contribution in [1.82, 2.24) is 24.8 Å². The second-order valence-electron chi connectivity index (χ2n) is 8.01. The second kappa shape index (κ2) is 7.27. The minimum Gasteiger partial charge on any atom is -0.379 e. The molecule has 1 aliphatic heterocycles. The van der Waals surface area contributed by atoms with Crippen LogP contribution in [0.15, 0.2) is 35.1 Å². The summed E-state index contributed by atoms with van der Waals surface area (Å²) in [6, 6.07) is 8.89. The third-order valence-electron chi connectivity index (χ3n) is 6.35. The number of ether oxygens (including phenoxy) is 1. The van der Waals surface area contributed by atoms with Gasteiger partial charge in [0.1, 0.15) is 5.65 Å². The summed E-state index contributed by atoms with van der Waals surface area (Å²) >= 11 is 0. The molecule has 29 heavy (non-hydrogen) atoms. The number of para-hydroxylation sites is 1. The van der Waals surface area contributed by atoms with E-state index >= 15 is 0 Å². The van der Waals surface area contributed by atoms with E-state index in [1.807, 2.05) is 18.2 Å². The van der Waals surface area contributed by atoms with E-state index in [0.717, 1.165) is 39.1 Å². The Morgan fingerprint density at radius 1 is 1.21 bits per heavy atom. The van der Waals surface area contributed by atoms with Gasteiger partial charge in [-0.2, -0.15) is 5.10 Å². The first-order valence-corrected chi connectivity index (χ1v) is 10.3. The first-order valence-electron chi connectivity index (χ1n) is 10.3. The highest BCUT2D eigenvalue weighted by Crippen LogP contribution is 2.35. The maximum absolute atomic E-state index is 12.9. The number of morpholine rings is 1. The molecule has 5 rings (SSSR count). The van der Waals surface area contributed by atoms with Crippen LogP contribution in [-0.4, -0.2) is 63.8 Å². The van der Waals surface area contributed by atoms with E-state index in [-0.39, 0.29) is 17.0 Å². The maximum atomic E-state index is 12.9. The highest BCUT2D eigenvalue weighted by Gasteiger charge is 2.40. The second-order valence-corrected chi connectivity index (χ2v) is 8.01. The van der Waals surface area contributed by atoms with Crippen molar-refractivity contribution in [2.45, 2.75) is 31.2 Å². The van der Waals surface area contributed by atoms with Gasteiger partial charge in [-0.1, -0.05) is 25.0 Å². The highest BCUT2D eigenvalue weighted by atomic mass is 16.5. The molecule has 1 amide bonds. The van der Waals surface area contributed by atoms with Crippen LogP contribution >= 0.6 is 0 Å². The summed E-state index contributed by atoms with van der Waals surface area (Å²) in [7, 11) is 0. The van der Waals surface area contributed by atoms with Gasteiger partial charge in [0.25, 0.3) is 11.5 Å². The molecule has 8 nitrogen and oxygen atoms in total. The number of benzene rings is 1. The molecule has 1 saturated heterocycles. The van der Waals surface area contributed by atoms with Gasteiger partial charge in [0.2, 0.25) is 0 Å². The van der Waals surface area contributed by atoms with Crippen molar-refractivity contribution in [3.8, 4) is 0 Å². The van der Waals surface area contributed by atoms with Gasteiger partial charge in [0, 0.05) is 31.2 Å². The lowest BCUT2D eigenvalue weighted by Gasteiger charge is -2.43. The van der Waals surface area contributed by atoms with Gasteiger partial charge in [-0.05, 0) is 25.0 Å². The zero-order valence-electron chi connectivity index (χ0n) is 16.3. The van der Waals surface area contributed by atoms with Crippen LogP contribution in [0.3, 0.4) is 0 Å². The van der Waals surface area contributed by atoms with Gasteiger partial charge in [0.15, 0.2) is 5.69 Å². The van der Waals surface area contributed by atoms with Crippen LogP contribution in [0.2, 0.25) is 0 Å². The topological polar surface area (TPSA) is 91.7 Å². The summed E-state index contributed by atoms with van der Waals surface area (Å²) in [6.07, 6.45) is 4.57. The van der Waals surface area contributed by atoms with Crippen molar-refractivity contribution in [3.63, 3.8) is 0 Å². The number of nitrogens with one attached hydrogen (secondary N) is 2. The van der Waals surface area contributed by atoms with E-state index in [4.69, 9.17) is 4.74 Å². The standard InChI is InChI=1S/C21H25N5O3/c27-19-15-5-1-2-6-17(15)26-18(23-19)13-16(24-26)20(28)22-14-21(7-3-4-8-21)25-9-11-29-12-10-25/h1-2,5-6,13H,3-4,7-12,14H2,(H,22,28)(H,23,27). The molecule has 0 spiro atoms. The molecule has 0 unspecified atom stereocenters. The number of fused-ring (bicyclic) bond motifs is 3. The first kappa shape index (κ1) is 18.3. The minimum absolute atomic E-state index is 0.0135. The van der Waals surface area contributed by atoms with Crippen molar-refractivity contribution >= 4 is 22.5 Å². The van der Waals surface area contributed by atoms with Gasteiger partial charge >= 0.3 is 0 Å². The zero-order chi connectivity index (χ0) is 19.8. The van der Waals surface area contributed by atoms with Gasteiger partial charge in [-0.15, -0.1) is 0 Å². The number of aromatic amines is 1. The Labute approximate surface area is 167 Å². The molecule has 2 N–H and O–H groups in total. The lowest BCUT2D eigenvalue weighted by Crippen LogP contribution is -2.57. The fraction of sp³-hybridized carbons (Fsp3) is 0.476. The van der Waals surface area contributed by atoms with Crippen molar-refractivity contribution in [2.75, 3.05) is 32.8 Å². The molecule has 1 saturated carbocycles. The molecule has 1 aliphatic carbocycles. The van der Waals surface area contributed by atoms with E-state index < -0.39 is 0 Å². The van der Waals surface area contributed by atoms with E-state index in [2.05, 4.69) is 20.3 Å². The molecular weight excluding hydrogens is 370 g/mol. The quantitative estimate of drug-likeness (QED) is 0.699. The average Bonchev–Trinajstić information content (AvgIpc) is 3.41. The number of hydrogen-bond donors (Lipinski definition) is 2. The van der Waals surface area contributed by atoms with Crippen molar-refractivity contribution in [1.29, 1.82) is 0 Å². The molecule has 2 aliphatic rings. The Morgan fingerprint density at radius 3 is 2.76 bits per heavy atom. The Kier molecular flexibility index (Phi) is 4.60. The van der Waals surface area contributed by atoms with Crippen LogP contribution in [0, 0.1) is 0 Å². The maximum Gasteiger partial charge on any atom is 0.271 e. The predicted octanol–water partition coefficient (Wildman–Crippen LogP) is 1.55. The highest BCUT2D eigenvalue weighted by molar-refractivity contribution is 5.94. The molecule has 2 aromatic heterocycles. The number of carbonyl (C=O) groups excluding carboxylic acids is 1. The normalized spacial score (nSPS) is 19.7. The summed E-state index contributed by atoms with van der Waals surface area (Å²) < 4.78 is 7.13. The third-order valence-corrected chi connectivity index (χ3v) is 6.35. The van der Waals surface area contributed by atoms with Crippen molar-refractivity contribution < 1.29 is 9.53 Å². The Hall–Kier alpha value is -2.71. The fourth-order valence-electron chi connectivity index (χ4n) is 4.81. The average molecular weight is 395 g/mol. The molecular formula is C21H25N5O3. The van der Waals surface area contributed by atoms with Crippen molar-refractivity contribution in [3.05, 3.63) is 46.4 Å². The molecule has 0 bridgehead atoms. The number of H-pyrrole nitrogens is 1. The van der Waals surface area contributed by atoms with Gasteiger partial charge in [0.05, 0.1) is 24.1 Å². The Bertz CT molecular complexity index is 1110. The summed E-state index contributed by atoms with van der Waals surface area (Å²) in [5, 5.41) is 8.13. The number of nitrogens with zero attached hydrogens (tertiary/aromatic N) is 3. The molecule has 1 aromatic carbocycles. The molecule has 152 valence electrons. The molecule has 0 radical (unpaired) electrons. The van der Waals surface area contributed by atoms with Gasteiger partial charge in [-0.25, -0.2) is 4.52 Å². The summed E-state index contributed by atoms with van der Waals surface area (Å²) in [4.78, 5) is 30.5. The minimum atomic E-state index is -0.210. The lowest BCUT2D eigenvalue weighted by molar-refractivity contribution is -0.0199. The van der Waals surface area contributed by atoms with Gasteiger partial charge in [-0.3, -0.25) is 14.5 Å². The molecule has 0 atom stereocenters. The van der Waals surface area contributed by atoms with Crippen LogP contribution in [0.4, 0.5) is 0 Å². The first-order chi connectivity index (χ1) is 14.2. The van der Waals surface area contributed by atoms with Crippen LogP contribution in [0.25, 0.3) is 16.6 Å². The van der Waals surface area contributed by atoms with Crippen LogP contribution in [0.1, 0.15) is 36.2 Å². The van der Waals surface area contributed by atoms with E-state index in [9.17, 15) is 9.59 Å². The largest absolute Gasteiger partial charge is 0.379 e. The number of carbonyl (C=O) groups is 1. The molecule has 3 aromatic rings.